The van der Waals surface area contributed by atoms with Crippen molar-refractivity contribution in [2.75, 3.05) is 23.4 Å². The van der Waals surface area contributed by atoms with Crippen molar-refractivity contribution >= 4 is 38.2 Å². The van der Waals surface area contributed by atoms with Gasteiger partial charge >= 0.3 is 12.0 Å². The molecule has 0 saturated heterocycles. The fraction of sp³-hybridized carbons (Fsp3) is 0.400. The molecule has 0 aliphatic rings. The average molecular weight is 306 g/mol. The highest BCUT2D eigenvalue weighted by Gasteiger charge is 2.14. The first-order valence-corrected chi connectivity index (χ1v) is 8.12. The fourth-order valence-electron chi connectivity index (χ4n) is 1.19. The van der Waals surface area contributed by atoms with E-state index in [9.17, 15) is 18.0 Å². The molecule has 0 radical (unpaired) electrons. The molecular weight excluding hydrogens is 292 g/mol. The van der Waals surface area contributed by atoms with E-state index in [1.807, 2.05) is 0 Å². The molecule has 0 saturated carbocycles. The van der Waals surface area contributed by atoms with E-state index in [2.05, 4.69) is 10.6 Å². The van der Waals surface area contributed by atoms with Crippen LogP contribution in [-0.4, -0.2) is 43.6 Å². The van der Waals surface area contributed by atoms with Crippen LogP contribution in [0.15, 0.2) is 11.4 Å². The summed E-state index contributed by atoms with van der Waals surface area (Å²) in [5, 5.41) is 15.3. The number of carbonyl (C=O) groups excluding carboxylic acids is 1. The van der Waals surface area contributed by atoms with Gasteiger partial charge < -0.3 is 10.4 Å². The summed E-state index contributed by atoms with van der Waals surface area (Å²) in [4.78, 5) is 22.3. The summed E-state index contributed by atoms with van der Waals surface area (Å²) in [5.74, 6) is -1.26. The van der Waals surface area contributed by atoms with Crippen molar-refractivity contribution in [3.05, 3.63) is 17.0 Å². The van der Waals surface area contributed by atoms with Crippen LogP contribution in [0.1, 0.15) is 17.3 Å². The summed E-state index contributed by atoms with van der Waals surface area (Å²) < 4.78 is 22.4. The second kappa shape index (κ2) is 6.53. The van der Waals surface area contributed by atoms with Crippen LogP contribution in [0.3, 0.4) is 0 Å². The van der Waals surface area contributed by atoms with E-state index >= 15 is 0 Å². The number of thiophene rings is 1. The molecule has 0 fully saturated rings. The molecule has 0 unspecified atom stereocenters. The smallest absolute Gasteiger partial charge is 0.338 e. The third kappa shape index (κ3) is 4.87. The molecule has 1 aromatic heterocycles. The van der Waals surface area contributed by atoms with Crippen LogP contribution in [0.2, 0.25) is 0 Å². The summed E-state index contributed by atoms with van der Waals surface area (Å²) in [6.45, 7) is 1.51. The summed E-state index contributed by atoms with van der Waals surface area (Å²) in [7, 11) is -3.13. The molecule has 0 spiro atoms. The number of hydrogen-bond donors (Lipinski definition) is 3. The Labute approximate surface area is 114 Å². The van der Waals surface area contributed by atoms with E-state index in [4.69, 9.17) is 5.11 Å². The molecule has 0 bridgehead atoms. The predicted molar refractivity (Wildman–Crippen MR) is 72.6 cm³/mol. The highest BCUT2D eigenvalue weighted by atomic mass is 32.2. The van der Waals surface area contributed by atoms with E-state index in [0.29, 0.717) is 0 Å². The van der Waals surface area contributed by atoms with E-state index in [-0.39, 0.29) is 28.6 Å². The first kappa shape index (κ1) is 15.4. The Morgan fingerprint density at radius 3 is 2.68 bits per heavy atom. The molecule has 3 N–H and O–H groups in total. The topological polar surface area (TPSA) is 113 Å². The zero-order valence-electron chi connectivity index (χ0n) is 10.2. The lowest BCUT2D eigenvalue weighted by Crippen LogP contribution is -2.33. The van der Waals surface area contributed by atoms with Crippen LogP contribution in [0.4, 0.5) is 9.80 Å². The highest BCUT2D eigenvalue weighted by molar-refractivity contribution is 7.91. The molecule has 0 atom stereocenters. The van der Waals surface area contributed by atoms with Crippen molar-refractivity contribution in [2.24, 2.45) is 0 Å². The van der Waals surface area contributed by atoms with Crippen LogP contribution in [0, 0.1) is 0 Å². The number of carboxylic acids is 1. The Morgan fingerprint density at radius 2 is 2.11 bits per heavy atom. The van der Waals surface area contributed by atoms with Gasteiger partial charge in [-0.25, -0.2) is 18.0 Å². The van der Waals surface area contributed by atoms with Gasteiger partial charge in [0.15, 0.2) is 9.84 Å². The molecular formula is C10H14N2O5S2. The second-order valence-electron chi connectivity index (χ2n) is 3.59. The Kier molecular flexibility index (Phi) is 5.31. The third-order valence-corrected chi connectivity index (χ3v) is 4.80. The minimum absolute atomic E-state index is 0.00123. The number of amides is 2. The molecule has 0 aromatic carbocycles. The van der Waals surface area contributed by atoms with Gasteiger partial charge in [0.05, 0.1) is 11.3 Å². The number of sulfone groups is 1. The molecule has 106 valence electrons. The number of carbonyl (C=O) groups is 2. The fourth-order valence-corrected chi connectivity index (χ4v) is 2.66. The van der Waals surface area contributed by atoms with Gasteiger partial charge in [-0.3, -0.25) is 5.32 Å². The van der Waals surface area contributed by atoms with Gasteiger partial charge in [0, 0.05) is 12.3 Å². The Morgan fingerprint density at radius 1 is 1.42 bits per heavy atom. The molecule has 9 heteroatoms. The highest BCUT2D eigenvalue weighted by Crippen LogP contribution is 2.22. The largest absolute Gasteiger partial charge is 0.478 e. The van der Waals surface area contributed by atoms with Gasteiger partial charge in [0.1, 0.15) is 5.00 Å². The maximum Gasteiger partial charge on any atom is 0.338 e. The number of aromatic carboxylic acids is 1. The minimum Gasteiger partial charge on any atom is -0.478 e. The van der Waals surface area contributed by atoms with E-state index in [1.54, 1.807) is 5.38 Å². The van der Waals surface area contributed by atoms with Gasteiger partial charge in [-0.1, -0.05) is 6.92 Å². The van der Waals surface area contributed by atoms with Gasteiger partial charge in [0.2, 0.25) is 0 Å². The zero-order valence-corrected chi connectivity index (χ0v) is 11.8. The summed E-state index contributed by atoms with van der Waals surface area (Å²) in [5.41, 5.74) is 0.00123. The van der Waals surface area contributed by atoms with Crippen molar-refractivity contribution in [3.63, 3.8) is 0 Å². The normalized spacial score (nSPS) is 11.0. The number of nitrogens with one attached hydrogen (secondary N) is 2. The lowest BCUT2D eigenvalue weighted by Gasteiger charge is -2.06. The predicted octanol–water partition coefficient (Wildman–Crippen LogP) is 1.00. The van der Waals surface area contributed by atoms with Gasteiger partial charge in [-0.05, 0) is 11.4 Å². The molecule has 0 aliphatic carbocycles. The third-order valence-electron chi connectivity index (χ3n) is 2.26. The van der Waals surface area contributed by atoms with Gasteiger partial charge in [-0.2, -0.15) is 0 Å². The molecule has 2 amide bonds. The number of rotatable bonds is 6. The van der Waals surface area contributed by atoms with Crippen LogP contribution in [0.5, 0.6) is 0 Å². The van der Waals surface area contributed by atoms with Crippen LogP contribution >= 0.6 is 11.3 Å². The second-order valence-corrected chi connectivity index (χ2v) is 6.97. The first-order valence-electron chi connectivity index (χ1n) is 5.42. The number of anilines is 1. The lowest BCUT2D eigenvalue weighted by atomic mass is 10.3. The number of hydrogen-bond acceptors (Lipinski definition) is 5. The Hall–Kier alpha value is -1.61. The first-order chi connectivity index (χ1) is 8.85. The zero-order chi connectivity index (χ0) is 14.5. The van der Waals surface area contributed by atoms with Crippen LogP contribution in [0.25, 0.3) is 0 Å². The van der Waals surface area contributed by atoms with E-state index < -0.39 is 21.8 Å². The van der Waals surface area contributed by atoms with Crippen molar-refractivity contribution < 1.29 is 23.1 Å². The van der Waals surface area contributed by atoms with Crippen molar-refractivity contribution in [2.45, 2.75) is 6.92 Å². The van der Waals surface area contributed by atoms with Gasteiger partial charge in [0.25, 0.3) is 0 Å². The van der Waals surface area contributed by atoms with Gasteiger partial charge in [-0.15, -0.1) is 11.3 Å². The molecule has 19 heavy (non-hydrogen) atoms. The monoisotopic (exact) mass is 306 g/mol. The maximum atomic E-state index is 11.5. The van der Waals surface area contributed by atoms with Crippen molar-refractivity contribution in [1.82, 2.24) is 5.32 Å². The maximum absolute atomic E-state index is 11.5. The Balaban J connectivity index is 2.48. The Bertz CT molecular complexity index is 564. The molecule has 1 heterocycles. The summed E-state index contributed by atoms with van der Waals surface area (Å²) >= 11 is 1.08. The lowest BCUT2D eigenvalue weighted by molar-refractivity contribution is 0.0698. The standard InChI is InChI=1S/C10H14N2O5S2/c1-2-19(16,17)6-4-11-10(15)12-8-7(9(13)14)3-5-18-8/h3,5H,2,4,6H2,1H3,(H,13,14)(H2,11,12,15). The van der Waals surface area contributed by atoms with Crippen molar-refractivity contribution in [1.29, 1.82) is 0 Å². The quantitative estimate of drug-likeness (QED) is 0.726. The minimum atomic E-state index is -3.13. The molecule has 1 aromatic rings. The average Bonchev–Trinajstić information content (AvgIpc) is 2.77. The van der Waals surface area contributed by atoms with Crippen LogP contribution in [-0.2, 0) is 9.84 Å². The summed E-state index contributed by atoms with van der Waals surface area (Å²) in [6.07, 6.45) is 0. The SMILES string of the molecule is CCS(=O)(=O)CCNC(=O)Nc1sccc1C(=O)O. The van der Waals surface area contributed by atoms with E-state index in [1.165, 1.54) is 13.0 Å². The van der Waals surface area contributed by atoms with Crippen LogP contribution < -0.4 is 10.6 Å². The molecule has 7 nitrogen and oxygen atoms in total. The van der Waals surface area contributed by atoms with E-state index in [0.717, 1.165) is 11.3 Å². The molecule has 0 aliphatic heterocycles. The summed E-state index contributed by atoms with van der Waals surface area (Å²) in [6, 6.07) is 0.751. The number of urea groups is 1. The van der Waals surface area contributed by atoms with Crippen molar-refractivity contribution in [3.8, 4) is 0 Å². The molecule has 1 rings (SSSR count). The number of carboxylic acid groups (broad SMARTS) is 1.